The first kappa shape index (κ1) is 17.7. The summed E-state index contributed by atoms with van der Waals surface area (Å²) in [5.41, 5.74) is 0.365. The van der Waals surface area contributed by atoms with Crippen molar-refractivity contribution in [2.45, 2.75) is 0 Å². The average Bonchev–Trinajstić information content (AvgIpc) is 2.64. The predicted octanol–water partition coefficient (Wildman–Crippen LogP) is 4.68. The molecule has 0 unspecified atom stereocenters. The van der Waals surface area contributed by atoms with Gasteiger partial charge in [-0.3, -0.25) is 4.79 Å². The van der Waals surface area contributed by atoms with Gasteiger partial charge < -0.3 is 14.8 Å². The first-order valence-corrected chi connectivity index (χ1v) is 8.05. The number of hydrogen-bond donors (Lipinski definition) is 1. The number of amides is 1. The molecular weight excluding hydrogens is 359 g/mol. The van der Waals surface area contributed by atoms with E-state index in [1.165, 1.54) is 30.5 Å². The molecule has 3 aromatic rings. The first-order chi connectivity index (χ1) is 12.6. The number of benzene rings is 2. The van der Waals surface area contributed by atoms with Gasteiger partial charge in [-0.25, -0.2) is 9.37 Å². The van der Waals surface area contributed by atoms with E-state index in [0.29, 0.717) is 22.2 Å². The van der Waals surface area contributed by atoms with Crippen molar-refractivity contribution in [3.63, 3.8) is 0 Å². The van der Waals surface area contributed by atoms with Crippen LogP contribution in [-0.4, -0.2) is 17.5 Å². The molecule has 0 aliphatic heterocycles. The van der Waals surface area contributed by atoms with Crippen LogP contribution in [0.1, 0.15) is 0 Å². The summed E-state index contributed by atoms with van der Waals surface area (Å²) in [6.45, 7) is -0.228. The Morgan fingerprint density at radius 2 is 1.85 bits per heavy atom. The van der Waals surface area contributed by atoms with Crippen LogP contribution in [0.4, 0.5) is 10.1 Å². The molecule has 1 N–H and O–H groups in total. The number of carbonyl (C=O) groups is 1. The van der Waals surface area contributed by atoms with Gasteiger partial charge in [0.2, 0.25) is 5.88 Å². The lowest BCUT2D eigenvalue weighted by Crippen LogP contribution is -2.20. The Morgan fingerprint density at radius 1 is 1.08 bits per heavy atom. The third kappa shape index (κ3) is 4.70. The predicted molar refractivity (Wildman–Crippen MR) is 96.3 cm³/mol. The molecule has 132 valence electrons. The lowest BCUT2D eigenvalue weighted by atomic mass is 10.3. The zero-order valence-corrected chi connectivity index (χ0v) is 14.2. The molecule has 0 aliphatic carbocycles. The highest BCUT2D eigenvalue weighted by Gasteiger charge is 2.11. The fraction of sp³-hybridized carbons (Fsp3) is 0.0526. The Balaban J connectivity index is 1.65. The monoisotopic (exact) mass is 372 g/mol. The maximum Gasteiger partial charge on any atom is 0.262 e. The molecule has 1 aromatic heterocycles. The molecule has 0 atom stereocenters. The van der Waals surface area contributed by atoms with E-state index in [1.54, 1.807) is 36.4 Å². The highest BCUT2D eigenvalue weighted by Crippen LogP contribution is 2.27. The molecule has 7 heteroatoms. The minimum Gasteiger partial charge on any atom is -0.482 e. The summed E-state index contributed by atoms with van der Waals surface area (Å²) >= 11 is 5.98. The van der Waals surface area contributed by atoms with Gasteiger partial charge in [0.1, 0.15) is 23.0 Å². The van der Waals surface area contributed by atoms with E-state index in [9.17, 15) is 9.18 Å². The van der Waals surface area contributed by atoms with Crippen LogP contribution in [0.5, 0.6) is 17.4 Å². The molecule has 26 heavy (non-hydrogen) atoms. The SMILES string of the molecule is O=C(COc1ccccc1Cl)Nc1cccnc1Oc1ccc(F)cc1. The van der Waals surface area contributed by atoms with Gasteiger partial charge in [-0.05, 0) is 48.5 Å². The Labute approximate surface area is 154 Å². The molecule has 5 nitrogen and oxygen atoms in total. The fourth-order valence-corrected chi connectivity index (χ4v) is 2.26. The van der Waals surface area contributed by atoms with Crippen LogP contribution in [0, 0.1) is 5.82 Å². The molecule has 0 radical (unpaired) electrons. The Morgan fingerprint density at radius 3 is 2.62 bits per heavy atom. The molecule has 0 spiro atoms. The minimum absolute atomic E-state index is 0.185. The second-order valence-electron chi connectivity index (χ2n) is 5.18. The summed E-state index contributed by atoms with van der Waals surface area (Å²) < 4.78 is 24.0. The van der Waals surface area contributed by atoms with E-state index in [1.807, 2.05) is 0 Å². The van der Waals surface area contributed by atoms with Crippen molar-refractivity contribution in [3.05, 3.63) is 77.7 Å². The van der Waals surface area contributed by atoms with Crippen LogP contribution in [0.2, 0.25) is 5.02 Å². The number of hydrogen-bond acceptors (Lipinski definition) is 4. The van der Waals surface area contributed by atoms with Gasteiger partial charge >= 0.3 is 0 Å². The Kier molecular flexibility index (Phi) is 5.66. The lowest BCUT2D eigenvalue weighted by molar-refractivity contribution is -0.118. The molecule has 2 aromatic carbocycles. The average molecular weight is 373 g/mol. The maximum absolute atomic E-state index is 13.0. The smallest absolute Gasteiger partial charge is 0.262 e. The van der Waals surface area contributed by atoms with Crippen LogP contribution in [0.15, 0.2) is 66.9 Å². The second kappa shape index (κ2) is 8.31. The van der Waals surface area contributed by atoms with Crippen molar-refractivity contribution in [1.29, 1.82) is 0 Å². The Hall–Kier alpha value is -3.12. The number of ether oxygens (including phenoxy) is 2. The van der Waals surface area contributed by atoms with Crippen molar-refractivity contribution in [2.75, 3.05) is 11.9 Å². The number of rotatable bonds is 6. The van der Waals surface area contributed by atoms with Gasteiger partial charge in [0.05, 0.1) is 5.02 Å². The molecule has 0 bridgehead atoms. The van der Waals surface area contributed by atoms with Crippen molar-refractivity contribution >= 4 is 23.2 Å². The third-order valence-corrected chi connectivity index (χ3v) is 3.58. The van der Waals surface area contributed by atoms with Crippen molar-refractivity contribution in [2.24, 2.45) is 0 Å². The minimum atomic E-state index is -0.401. The molecule has 0 fully saturated rings. The highest BCUT2D eigenvalue weighted by molar-refractivity contribution is 6.32. The number of anilines is 1. The van der Waals surface area contributed by atoms with E-state index in [0.717, 1.165) is 0 Å². The summed E-state index contributed by atoms with van der Waals surface area (Å²) in [6, 6.07) is 15.6. The number of aromatic nitrogens is 1. The first-order valence-electron chi connectivity index (χ1n) is 7.67. The quantitative estimate of drug-likeness (QED) is 0.682. The van der Waals surface area contributed by atoms with Crippen LogP contribution in [0.3, 0.4) is 0 Å². The zero-order chi connectivity index (χ0) is 18.4. The van der Waals surface area contributed by atoms with Crippen LogP contribution >= 0.6 is 11.6 Å². The molecular formula is C19H14ClFN2O3. The summed E-state index contributed by atoms with van der Waals surface area (Å²) in [5, 5.41) is 3.08. The van der Waals surface area contributed by atoms with E-state index >= 15 is 0 Å². The topological polar surface area (TPSA) is 60.5 Å². The maximum atomic E-state index is 13.0. The van der Waals surface area contributed by atoms with Gasteiger partial charge in [0, 0.05) is 6.20 Å². The fourth-order valence-electron chi connectivity index (χ4n) is 2.07. The summed E-state index contributed by atoms with van der Waals surface area (Å²) in [7, 11) is 0. The number of halogens is 2. The third-order valence-electron chi connectivity index (χ3n) is 3.27. The van der Waals surface area contributed by atoms with Crippen molar-refractivity contribution < 1.29 is 18.7 Å². The molecule has 1 amide bonds. The van der Waals surface area contributed by atoms with Gasteiger partial charge in [0.15, 0.2) is 6.61 Å². The van der Waals surface area contributed by atoms with Gasteiger partial charge in [-0.2, -0.15) is 0 Å². The molecule has 0 saturated carbocycles. The number of carbonyl (C=O) groups excluding carboxylic acids is 1. The number of nitrogens with zero attached hydrogens (tertiary/aromatic N) is 1. The van der Waals surface area contributed by atoms with Crippen LogP contribution < -0.4 is 14.8 Å². The molecule has 1 heterocycles. The largest absolute Gasteiger partial charge is 0.482 e. The lowest BCUT2D eigenvalue weighted by Gasteiger charge is -2.12. The van der Waals surface area contributed by atoms with Crippen LogP contribution in [-0.2, 0) is 4.79 Å². The molecule has 0 saturated heterocycles. The van der Waals surface area contributed by atoms with E-state index in [-0.39, 0.29) is 18.3 Å². The molecule has 3 rings (SSSR count). The van der Waals surface area contributed by atoms with E-state index < -0.39 is 5.91 Å². The van der Waals surface area contributed by atoms with Gasteiger partial charge in [0.25, 0.3) is 5.91 Å². The zero-order valence-electron chi connectivity index (χ0n) is 13.5. The number of para-hydroxylation sites is 1. The molecule has 0 aliphatic rings. The number of pyridine rings is 1. The summed E-state index contributed by atoms with van der Waals surface area (Å²) in [5.74, 6) is 0.224. The normalized spacial score (nSPS) is 10.2. The standard InChI is InChI=1S/C19H14ClFN2O3/c20-15-4-1-2-6-17(15)25-12-18(24)23-16-5-3-11-22-19(16)26-14-9-7-13(21)8-10-14/h1-11H,12H2,(H,23,24). The van der Waals surface area contributed by atoms with Gasteiger partial charge in [-0.1, -0.05) is 23.7 Å². The van der Waals surface area contributed by atoms with E-state index in [2.05, 4.69) is 10.3 Å². The van der Waals surface area contributed by atoms with Gasteiger partial charge in [-0.15, -0.1) is 0 Å². The van der Waals surface area contributed by atoms with Crippen LogP contribution in [0.25, 0.3) is 0 Å². The van der Waals surface area contributed by atoms with E-state index in [4.69, 9.17) is 21.1 Å². The second-order valence-corrected chi connectivity index (χ2v) is 5.59. The summed E-state index contributed by atoms with van der Waals surface area (Å²) in [4.78, 5) is 16.2. The number of nitrogens with one attached hydrogen (secondary N) is 1. The highest BCUT2D eigenvalue weighted by atomic mass is 35.5. The Bertz CT molecular complexity index is 903. The van der Waals surface area contributed by atoms with Crippen molar-refractivity contribution in [3.8, 4) is 17.4 Å². The summed E-state index contributed by atoms with van der Waals surface area (Å²) in [6.07, 6.45) is 1.52. The van der Waals surface area contributed by atoms with Crippen molar-refractivity contribution in [1.82, 2.24) is 4.98 Å².